The van der Waals surface area contributed by atoms with E-state index in [0.29, 0.717) is 32.6 Å². The summed E-state index contributed by atoms with van der Waals surface area (Å²) in [6, 6.07) is 2.59. The summed E-state index contributed by atoms with van der Waals surface area (Å²) in [5.74, 6) is -1.80. The van der Waals surface area contributed by atoms with Gasteiger partial charge >= 0.3 is 5.97 Å². The van der Waals surface area contributed by atoms with E-state index in [0.717, 1.165) is 6.07 Å². The van der Waals surface area contributed by atoms with Gasteiger partial charge in [0.1, 0.15) is 0 Å². The Morgan fingerprint density at radius 2 is 2.10 bits per heavy atom. The molecule has 1 aromatic heterocycles. The predicted molar refractivity (Wildman–Crippen MR) is 68.8 cm³/mol. The number of carbonyl (C=O) groups excluding carboxylic acids is 1. The molecule has 0 aliphatic carbocycles. The molecular weight excluding hydrogens is 265 g/mol. The zero-order chi connectivity index (χ0) is 14.5. The van der Waals surface area contributed by atoms with Crippen LogP contribution >= 0.6 is 0 Å². The van der Waals surface area contributed by atoms with Gasteiger partial charge in [-0.05, 0) is 12.5 Å². The van der Waals surface area contributed by atoms with E-state index in [1.807, 2.05) is 0 Å². The number of nitrogens with zero attached hydrogens (tertiary/aromatic N) is 3. The maximum atomic E-state index is 13.0. The van der Waals surface area contributed by atoms with Crippen LogP contribution in [0.25, 0.3) is 0 Å². The minimum absolute atomic E-state index is 0.0219. The Hall–Kier alpha value is -2.02. The Labute approximate surface area is 115 Å². The van der Waals surface area contributed by atoms with Gasteiger partial charge in [0.25, 0.3) is 5.91 Å². The van der Waals surface area contributed by atoms with Crippen molar-refractivity contribution in [3.05, 3.63) is 29.8 Å². The van der Waals surface area contributed by atoms with Crippen LogP contribution in [-0.4, -0.2) is 64.5 Å². The second-order valence-corrected chi connectivity index (χ2v) is 4.68. The second kappa shape index (κ2) is 6.42. The van der Waals surface area contributed by atoms with Crippen LogP contribution in [0.5, 0.6) is 0 Å². The van der Waals surface area contributed by atoms with Gasteiger partial charge in [0.2, 0.25) is 5.95 Å². The van der Waals surface area contributed by atoms with Gasteiger partial charge in [-0.3, -0.25) is 14.5 Å². The number of pyridine rings is 1. The molecule has 0 aromatic carbocycles. The summed E-state index contributed by atoms with van der Waals surface area (Å²) in [7, 11) is 0. The Morgan fingerprint density at radius 1 is 1.30 bits per heavy atom. The number of carbonyl (C=O) groups is 2. The van der Waals surface area contributed by atoms with Crippen LogP contribution in [0.1, 0.15) is 16.8 Å². The average Bonchev–Trinajstić information content (AvgIpc) is 2.63. The standard InChI is InChI=1S/C13H16FN3O3/c14-11-8-10(2-3-15-11)13(20)17-5-1-4-16(6-7-17)9-12(18)19/h2-3,8H,1,4-7,9H2,(H,18,19). The van der Waals surface area contributed by atoms with Gasteiger partial charge < -0.3 is 10.0 Å². The molecule has 0 atom stereocenters. The number of halogens is 1. The summed E-state index contributed by atoms with van der Waals surface area (Å²) < 4.78 is 13.0. The summed E-state index contributed by atoms with van der Waals surface area (Å²) in [5, 5.41) is 8.77. The third-order valence-corrected chi connectivity index (χ3v) is 3.21. The van der Waals surface area contributed by atoms with Gasteiger partial charge in [0.05, 0.1) is 6.54 Å². The van der Waals surface area contributed by atoms with Crippen LogP contribution in [0.3, 0.4) is 0 Å². The molecule has 108 valence electrons. The fourth-order valence-electron chi connectivity index (χ4n) is 2.24. The molecule has 7 heteroatoms. The highest BCUT2D eigenvalue weighted by atomic mass is 19.1. The first-order valence-electron chi connectivity index (χ1n) is 6.41. The highest BCUT2D eigenvalue weighted by molar-refractivity contribution is 5.94. The molecule has 1 aromatic rings. The normalized spacial score (nSPS) is 16.8. The van der Waals surface area contributed by atoms with Crippen LogP contribution in [-0.2, 0) is 4.79 Å². The van der Waals surface area contributed by atoms with Crippen LogP contribution in [0.2, 0.25) is 0 Å². The van der Waals surface area contributed by atoms with E-state index < -0.39 is 11.9 Å². The average molecular weight is 281 g/mol. The van der Waals surface area contributed by atoms with Crippen molar-refractivity contribution in [3.8, 4) is 0 Å². The molecule has 1 amide bonds. The van der Waals surface area contributed by atoms with Gasteiger partial charge in [-0.2, -0.15) is 4.39 Å². The zero-order valence-electron chi connectivity index (χ0n) is 11.0. The number of hydrogen-bond donors (Lipinski definition) is 1. The number of aliphatic carboxylic acids is 1. The van der Waals surface area contributed by atoms with E-state index in [9.17, 15) is 14.0 Å². The minimum Gasteiger partial charge on any atom is -0.480 e. The Balaban J connectivity index is 1.99. The summed E-state index contributed by atoms with van der Waals surface area (Å²) in [6.07, 6.45) is 1.96. The van der Waals surface area contributed by atoms with Crippen molar-refractivity contribution < 1.29 is 19.1 Å². The van der Waals surface area contributed by atoms with E-state index in [-0.39, 0.29) is 18.0 Å². The van der Waals surface area contributed by atoms with Crippen molar-refractivity contribution in [2.45, 2.75) is 6.42 Å². The van der Waals surface area contributed by atoms with E-state index in [2.05, 4.69) is 4.98 Å². The molecule has 2 heterocycles. The fraction of sp³-hybridized carbons (Fsp3) is 0.462. The molecule has 1 saturated heterocycles. The SMILES string of the molecule is O=C(O)CN1CCCN(C(=O)c2ccnc(F)c2)CC1. The molecule has 1 fully saturated rings. The fourth-order valence-corrected chi connectivity index (χ4v) is 2.24. The quantitative estimate of drug-likeness (QED) is 0.814. The van der Waals surface area contributed by atoms with E-state index in [1.54, 1.807) is 9.80 Å². The number of carboxylic acid groups (broad SMARTS) is 1. The molecule has 0 saturated carbocycles. The van der Waals surface area contributed by atoms with Crippen molar-refractivity contribution in [2.24, 2.45) is 0 Å². The monoisotopic (exact) mass is 281 g/mol. The van der Waals surface area contributed by atoms with E-state index in [1.165, 1.54) is 12.3 Å². The van der Waals surface area contributed by atoms with Crippen molar-refractivity contribution >= 4 is 11.9 Å². The number of carboxylic acids is 1. The highest BCUT2D eigenvalue weighted by Gasteiger charge is 2.21. The molecule has 0 spiro atoms. The van der Waals surface area contributed by atoms with Gasteiger partial charge in [-0.25, -0.2) is 4.98 Å². The molecule has 2 rings (SSSR count). The topological polar surface area (TPSA) is 73.7 Å². The van der Waals surface area contributed by atoms with Crippen molar-refractivity contribution in [2.75, 3.05) is 32.7 Å². The predicted octanol–water partition coefficient (Wildman–Crippen LogP) is 0.453. The lowest BCUT2D eigenvalue weighted by Gasteiger charge is -2.21. The van der Waals surface area contributed by atoms with Crippen LogP contribution in [0.15, 0.2) is 18.3 Å². The molecule has 0 bridgehead atoms. The first kappa shape index (κ1) is 14.4. The van der Waals surface area contributed by atoms with Crippen molar-refractivity contribution in [1.82, 2.24) is 14.8 Å². The third-order valence-electron chi connectivity index (χ3n) is 3.21. The van der Waals surface area contributed by atoms with E-state index >= 15 is 0 Å². The van der Waals surface area contributed by atoms with Crippen molar-refractivity contribution in [1.29, 1.82) is 0 Å². The number of hydrogen-bond acceptors (Lipinski definition) is 4. The number of rotatable bonds is 3. The largest absolute Gasteiger partial charge is 0.480 e. The smallest absolute Gasteiger partial charge is 0.317 e. The van der Waals surface area contributed by atoms with Gasteiger partial charge in [0, 0.05) is 44.0 Å². The first-order valence-corrected chi connectivity index (χ1v) is 6.41. The molecule has 1 N–H and O–H groups in total. The summed E-state index contributed by atoms with van der Waals surface area (Å²) in [4.78, 5) is 29.7. The second-order valence-electron chi connectivity index (χ2n) is 4.68. The lowest BCUT2D eigenvalue weighted by atomic mass is 10.2. The summed E-state index contributed by atoms with van der Waals surface area (Å²) in [6.45, 7) is 2.10. The summed E-state index contributed by atoms with van der Waals surface area (Å²) >= 11 is 0. The van der Waals surface area contributed by atoms with E-state index in [4.69, 9.17) is 5.11 Å². The highest BCUT2D eigenvalue weighted by Crippen LogP contribution is 2.09. The number of amides is 1. The maximum absolute atomic E-state index is 13.0. The third kappa shape index (κ3) is 3.74. The minimum atomic E-state index is -0.874. The first-order chi connectivity index (χ1) is 9.56. The molecule has 6 nitrogen and oxygen atoms in total. The maximum Gasteiger partial charge on any atom is 0.317 e. The Morgan fingerprint density at radius 3 is 2.80 bits per heavy atom. The Bertz CT molecular complexity index is 509. The van der Waals surface area contributed by atoms with Crippen LogP contribution in [0, 0.1) is 5.95 Å². The molecule has 0 unspecified atom stereocenters. The van der Waals surface area contributed by atoms with Gasteiger partial charge in [-0.15, -0.1) is 0 Å². The molecular formula is C13H16FN3O3. The molecule has 1 aliphatic rings. The lowest BCUT2D eigenvalue weighted by Crippen LogP contribution is -2.36. The molecule has 20 heavy (non-hydrogen) atoms. The van der Waals surface area contributed by atoms with Gasteiger partial charge in [-0.1, -0.05) is 0 Å². The Kier molecular flexibility index (Phi) is 4.62. The lowest BCUT2D eigenvalue weighted by molar-refractivity contribution is -0.138. The van der Waals surface area contributed by atoms with Gasteiger partial charge in [0.15, 0.2) is 0 Å². The molecule has 0 radical (unpaired) electrons. The molecule has 1 aliphatic heterocycles. The van der Waals surface area contributed by atoms with Crippen LogP contribution in [0.4, 0.5) is 4.39 Å². The summed E-state index contributed by atoms with van der Waals surface area (Å²) in [5.41, 5.74) is 0.268. The zero-order valence-corrected chi connectivity index (χ0v) is 11.0. The van der Waals surface area contributed by atoms with Crippen molar-refractivity contribution in [3.63, 3.8) is 0 Å². The van der Waals surface area contributed by atoms with Crippen LogP contribution < -0.4 is 0 Å². The number of aromatic nitrogens is 1.